The van der Waals surface area contributed by atoms with Gasteiger partial charge in [0, 0.05) is 34.7 Å². The fraction of sp³-hybridized carbons (Fsp3) is 0.333. The SMILES string of the molecule is Cc1nc(C(C)(C)C)oc1CCC(=O)Nc1cccc2c(O)cccc12. The second-order valence-electron chi connectivity index (χ2n) is 7.50. The van der Waals surface area contributed by atoms with Crippen LogP contribution in [0, 0.1) is 6.92 Å². The molecule has 5 nitrogen and oxygen atoms in total. The third-order valence-corrected chi connectivity index (χ3v) is 4.29. The van der Waals surface area contributed by atoms with Crippen LogP contribution in [0.1, 0.15) is 44.5 Å². The summed E-state index contributed by atoms with van der Waals surface area (Å²) in [6.07, 6.45) is 0.797. The van der Waals surface area contributed by atoms with Gasteiger partial charge in [0.2, 0.25) is 5.91 Å². The van der Waals surface area contributed by atoms with Gasteiger partial charge >= 0.3 is 0 Å². The molecular formula is C21H24N2O3. The third kappa shape index (κ3) is 3.72. The smallest absolute Gasteiger partial charge is 0.224 e. The number of hydrogen-bond donors (Lipinski definition) is 2. The van der Waals surface area contributed by atoms with E-state index in [4.69, 9.17) is 4.42 Å². The van der Waals surface area contributed by atoms with Crippen LogP contribution < -0.4 is 5.32 Å². The van der Waals surface area contributed by atoms with Crippen molar-refractivity contribution >= 4 is 22.4 Å². The molecular weight excluding hydrogens is 328 g/mol. The van der Waals surface area contributed by atoms with Gasteiger partial charge in [-0.1, -0.05) is 45.0 Å². The lowest BCUT2D eigenvalue weighted by molar-refractivity contribution is -0.116. The number of hydrogen-bond acceptors (Lipinski definition) is 4. The highest BCUT2D eigenvalue weighted by Crippen LogP contribution is 2.30. The molecule has 0 unspecified atom stereocenters. The summed E-state index contributed by atoms with van der Waals surface area (Å²) in [5.41, 5.74) is 1.36. The van der Waals surface area contributed by atoms with Crippen LogP contribution in [-0.2, 0) is 16.6 Å². The van der Waals surface area contributed by atoms with Crippen LogP contribution in [0.4, 0.5) is 5.69 Å². The maximum Gasteiger partial charge on any atom is 0.224 e. The number of phenolic OH excluding ortho intramolecular Hbond substituents is 1. The number of amides is 1. The van der Waals surface area contributed by atoms with Crippen LogP contribution >= 0.6 is 0 Å². The van der Waals surface area contributed by atoms with E-state index in [1.165, 1.54) is 0 Å². The lowest BCUT2D eigenvalue weighted by Crippen LogP contribution is -2.12. The van der Waals surface area contributed by atoms with E-state index in [-0.39, 0.29) is 17.1 Å². The highest BCUT2D eigenvalue weighted by molar-refractivity contribution is 6.03. The first-order valence-electron chi connectivity index (χ1n) is 8.73. The molecule has 0 aliphatic rings. The van der Waals surface area contributed by atoms with Crippen molar-refractivity contribution in [2.45, 2.75) is 46.0 Å². The number of nitrogens with one attached hydrogen (secondary N) is 1. The van der Waals surface area contributed by atoms with Gasteiger partial charge in [-0.3, -0.25) is 4.79 Å². The normalized spacial score (nSPS) is 11.7. The predicted octanol–water partition coefficient (Wildman–Crippen LogP) is 4.71. The number of aromatic hydroxyl groups is 1. The van der Waals surface area contributed by atoms with Crippen molar-refractivity contribution in [3.63, 3.8) is 0 Å². The number of nitrogens with zero attached hydrogens (tertiary/aromatic N) is 1. The lowest BCUT2D eigenvalue weighted by Gasteiger charge is -2.12. The Morgan fingerprint density at radius 2 is 1.85 bits per heavy atom. The average molecular weight is 352 g/mol. The van der Waals surface area contributed by atoms with Gasteiger partial charge in [0.1, 0.15) is 11.5 Å². The first-order chi connectivity index (χ1) is 12.3. The zero-order valence-electron chi connectivity index (χ0n) is 15.6. The Morgan fingerprint density at radius 3 is 2.54 bits per heavy atom. The number of aryl methyl sites for hydroxylation is 2. The van der Waals surface area contributed by atoms with E-state index < -0.39 is 0 Å². The summed E-state index contributed by atoms with van der Waals surface area (Å²) in [6, 6.07) is 10.7. The van der Waals surface area contributed by atoms with Crippen molar-refractivity contribution in [2.75, 3.05) is 5.32 Å². The minimum absolute atomic E-state index is 0.103. The molecule has 0 radical (unpaired) electrons. The number of carbonyl (C=O) groups is 1. The van der Waals surface area contributed by atoms with E-state index in [0.29, 0.717) is 29.8 Å². The summed E-state index contributed by atoms with van der Waals surface area (Å²) < 4.78 is 5.84. The van der Waals surface area contributed by atoms with Gasteiger partial charge in [0.25, 0.3) is 0 Å². The van der Waals surface area contributed by atoms with E-state index in [9.17, 15) is 9.90 Å². The van der Waals surface area contributed by atoms with Crippen molar-refractivity contribution < 1.29 is 14.3 Å². The quantitative estimate of drug-likeness (QED) is 0.713. The molecule has 0 bridgehead atoms. The van der Waals surface area contributed by atoms with Crippen LogP contribution in [0.25, 0.3) is 10.8 Å². The molecule has 1 heterocycles. The molecule has 2 aromatic carbocycles. The standard InChI is InChI=1S/C21H24N2O3/c1-13-18(26-20(22-13)21(2,3)4)11-12-19(25)23-16-9-5-8-15-14(16)7-6-10-17(15)24/h5-10,24H,11-12H2,1-4H3,(H,23,25). The zero-order valence-corrected chi connectivity index (χ0v) is 15.6. The van der Waals surface area contributed by atoms with Gasteiger partial charge in [-0.2, -0.15) is 0 Å². The molecule has 0 spiro atoms. The van der Waals surface area contributed by atoms with Crippen LogP contribution in [0.3, 0.4) is 0 Å². The van der Waals surface area contributed by atoms with E-state index >= 15 is 0 Å². The van der Waals surface area contributed by atoms with Crippen LogP contribution in [0.15, 0.2) is 40.8 Å². The molecule has 1 amide bonds. The van der Waals surface area contributed by atoms with E-state index in [1.54, 1.807) is 12.1 Å². The average Bonchev–Trinajstić information content (AvgIpc) is 2.95. The summed E-state index contributed by atoms with van der Waals surface area (Å²) in [7, 11) is 0. The van der Waals surface area contributed by atoms with Crippen molar-refractivity contribution in [1.29, 1.82) is 0 Å². The van der Waals surface area contributed by atoms with Gasteiger partial charge in [0.05, 0.1) is 5.69 Å². The molecule has 0 atom stereocenters. The fourth-order valence-corrected chi connectivity index (χ4v) is 2.82. The van der Waals surface area contributed by atoms with Crippen molar-refractivity contribution in [3.8, 4) is 5.75 Å². The maximum atomic E-state index is 12.4. The number of fused-ring (bicyclic) bond motifs is 1. The van der Waals surface area contributed by atoms with E-state index in [2.05, 4.69) is 10.3 Å². The van der Waals surface area contributed by atoms with Crippen molar-refractivity contribution in [2.24, 2.45) is 0 Å². The molecule has 0 fully saturated rings. The number of aromatic nitrogens is 1. The van der Waals surface area contributed by atoms with Gasteiger partial charge in [-0.15, -0.1) is 0 Å². The summed E-state index contributed by atoms with van der Waals surface area (Å²) in [6.45, 7) is 8.04. The largest absolute Gasteiger partial charge is 0.507 e. The molecule has 3 rings (SSSR count). The minimum Gasteiger partial charge on any atom is -0.507 e. The highest BCUT2D eigenvalue weighted by atomic mass is 16.4. The van der Waals surface area contributed by atoms with Gasteiger partial charge in [-0.25, -0.2) is 4.98 Å². The molecule has 3 aromatic rings. The Bertz CT molecular complexity index is 952. The van der Waals surface area contributed by atoms with Gasteiger partial charge in [-0.05, 0) is 19.1 Å². The molecule has 5 heteroatoms. The minimum atomic E-state index is -0.157. The monoisotopic (exact) mass is 352 g/mol. The Morgan fingerprint density at radius 1 is 1.15 bits per heavy atom. The van der Waals surface area contributed by atoms with E-state index in [0.717, 1.165) is 16.8 Å². The molecule has 0 saturated carbocycles. The number of carbonyl (C=O) groups excluding carboxylic acids is 1. The van der Waals surface area contributed by atoms with Gasteiger partial charge < -0.3 is 14.8 Å². The number of oxazole rings is 1. The summed E-state index contributed by atoms with van der Waals surface area (Å²) in [5, 5.41) is 14.4. The van der Waals surface area contributed by atoms with Crippen LogP contribution in [0.5, 0.6) is 5.75 Å². The molecule has 0 saturated heterocycles. The fourth-order valence-electron chi connectivity index (χ4n) is 2.82. The lowest BCUT2D eigenvalue weighted by atomic mass is 9.97. The van der Waals surface area contributed by atoms with Crippen molar-refractivity contribution in [1.82, 2.24) is 4.98 Å². The number of anilines is 1. The first kappa shape index (κ1) is 18.0. The highest BCUT2D eigenvalue weighted by Gasteiger charge is 2.22. The van der Waals surface area contributed by atoms with E-state index in [1.807, 2.05) is 52.0 Å². The molecule has 136 valence electrons. The zero-order chi connectivity index (χ0) is 18.9. The summed E-state index contributed by atoms with van der Waals surface area (Å²) in [5.74, 6) is 1.54. The Hall–Kier alpha value is -2.82. The number of benzene rings is 2. The second kappa shape index (κ2) is 6.83. The summed E-state index contributed by atoms with van der Waals surface area (Å²) in [4.78, 5) is 16.9. The Balaban J connectivity index is 1.71. The second-order valence-corrected chi connectivity index (χ2v) is 7.50. The predicted molar refractivity (Wildman–Crippen MR) is 103 cm³/mol. The van der Waals surface area contributed by atoms with Crippen LogP contribution in [0.2, 0.25) is 0 Å². The molecule has 0 aliphatic carbocycles. The number of rotatable bonds is 4. The maximum absolute atomic E-state index is 12.4. The molecule has 0 aliphatic heterocycles. The van der Waals surface area contributed by atoms with Gasteiger partial charge in [0.15, 0.2) is 5.89 Å². The van der Waals surface area contributed by atoms with Crippen molar-refractivity contribution in [3.05, 3.63) is 53.7 Å². The Labute approximate surface area is 153 Å². The Kier molecular flexibility index (Phi) is 4.72. The topological polar surface area (TPSA) is 75.4 Å². The molecule has 26 heavy (non-hydrogen) atoms. The molecule has 2 N–H and O–H groups in total. The number of phenols is 1. The van der Waals surface area contributed by atoms with Crippen LogP contribution in [-0.4, -0.2) is 16.0 Å². The summed E-state index contributed by atoms with van der Waals surface area (Å²) >= 11 is 0. The molecule has 1 aromatic heterocycles. The first-order valence-corrected chi connectivity index (χ1v) is 8.73. The third-order valence-electron chi connectivity index (χ3n) is 4.29.